The molecule has 0 unspecified atom stereocenters. The lowest BCUT2D eigenvalue weighted by molar-refractivity contribution is -0.123. The Kier molecular flexibility index (Phi) is 5.24. The summed E-state index contributed by atoms with van der Waals surface area (Å²) in [6, 6.07) is 6.46. The Labute approximate surface area is 119 Å². The van der Waals surface area contributed by atoms with Gasteiger partial charge in [-0.05, 0) is 37.5 Å². The summed E-state index contributed by atoms with van der Waals surface area (Å²) in [6.07, 6.45) is 2.54. The highest BCUT2D eigenvalue weighted by atomic mass is 16.5. The first-order valence-electron chi connectivity index (χ1n) is 7.02. The van der Waals surface area contributed by atoms with Gasteiger partial charge in [-0.2, -0.15) is 0 Å². The lowest BCUT2D eigenvalue weighted by Crippen LogP contribution is -2.28. The van der Waals surface area contributed by atoms with Crippen LogP contribution in [0.3, 0.4) is 0 Å². The fourth-order valence-corrected chi connectivity index (χ4v) is 1.88. The maximum Gasteiger partial charge on any atom is 0.257 e. The predicted molar refractivity (Wildman–Crippen MR) is 77.0 cm³/mol. The van der Waals surface area contributed by atoms with E-state index in [4.69, 9.17) is 9.47 Å². The summed E-state index contributed by atoms with van der Waals surface area (Å²) < 4.78 is 10.8. The standard InChI is InChI=1S/C15H22N2O3/c1-3-16-15(18)10-20-13-7-4-11(8-14(13)19-2)9-17-12-5-6-12/h4,7-8,12,17H,3,5-6,9-10H2,1-2H3,(H,16,18). The number of methoxy groups -OCH3 is 1. The highest BCUT2D eigenvalue weighted by molar-refractivity contribution is 5.77. The van der Waals surface area contributed by atoms with Gasteiger partial charge in [0.2, 0.25) is 0 Å². The zero-order valence-electron chi connectivity index (χ0n) is 12.1. The fraction of sp³-hybridized carbons (Fsp3) is 0.533. The van der Waals surface area contributed by atoms with Gasteiger partial charge in [0.15, 0.2) is 18.1 Å². The Morgan fingerprint density at radius 2 is 2.15 bits per heavy atom. The molecular formula is C15H22N2O3. The second kappa shape index (κ2) is 7.14. The fourth-order valence-electron chi connectivity index (χ4n) is 1.88. The van der Waals surface area contributed by atoms with Crippen LogP contribution in [0.2, 0.25) is 0 Å². The highest BCUT2D eigenvalue weighted by Gasteiger charge is 2.20. The van der Waals surface area contributed by atoms with Crippen molar-refractivity contribution in [3.05, 3.63) is 23.8 Å². The molecule has 1 aromatic carbocycles. The van der Waals surface area contributed by atoms with Crippen molar-refractivity contribution in [1.82, 2.24) is 10.6 Å². The van der Waals surface area contributed by atoms with Crippen molar-refractivity contribution in [2.75, 3.05) is 20.3 Å². The third-order valence-corrected chi connectivity index (χ3v) is 3.13. The molecular weight excluding hydrogens is 256 g/mol. The van der Waals surface area contributed by atoms with Gasteiger partial charge in [-0.25, -0.2) is 0 Å². The molecule has 0 bridgehead atoms. The Morgan fingerprint density at radius 1 is 1.35 bits per heavy atom. The predicted octanol–water partition coefficient (Wildman–Crippen LogP) is 1.46. The monoisotopic (exact) mass is 278 g/mol. The number of ether oxygens (including phenoxy) is 2. The van der Waals surface area contributed by atoms with Gasteiger partial charge in [0.1, 0.15) is 0 Å². The maximum atomic E-state index is 11.4. The molecule has 1 amide bonds. The van der Waals surface area contributed by atoms with Crippen LogP contribution in [0.1, 0.15) is 25.3 Å². The molecule has 5 nitrogen and oxygen atoms in total. The van der Waals surface area contributed by atoms with Crippen molar-refractivity contribution >= 4 is 5.91 Å². The molecule has 1 aliphatic carbocycles. The number of likely N-dealkylation sites (N-methyl/N-ethyl adjacent to an activating group) is 1. The van der Waals surface area contributed by atoms with Crippen molar-refractivity contribution in [3.8, 4) is 11.5 Å². The number of rotatable bonds is 8. The minimum absolute atomic E-state index is 0.00384. The van der Waals surface area contributed by atoms with E-state index in [1.54, 1.807) is 7.11 Å². The van der Waals surface area contributed by atoms with E-state index in [1.807, 2.05) is 25.1 Å². The van der Waals surface area contributed by atoms with Gasteiger partial charge in [-0.15, -0.1) is 0 Å². The average Bonchev–Trinajstić information content (AvgIpc) is 3.27. The summed E-state index contributed by atoms with van der Waals surface area (Å²) >= 11 is 0. The van der Waals surface area contributed by atoms with Gasteiger partial charge in [0.05, 0.1) is 7.11 Å². The van der Waals surface area contributed by atoms with Gasteiger partial charge in [-0.3, -0.25) is 4.79 Å². The molecule has 5 heteroatoms. The number of hydrogen-bond donors (Lipinski definition) is 2. The summed E-state index contributed by atoms with van der Waals surface area (Å²) in [5, 5.41) is 6.14. The number of carbonyl (C=O) groups excluding carboxylic acids is 1. The second-order valence-electron chi connectivity index (χ2n) is 4.88. The third-order valence-electron chi connectivity index (χ3n) is 3.13. The Morgan fingerprint density at radius 3 is 2.80 bits per heavy atom. The van der Waals surface area contributed by atoms with E-state index in [2.05, 4.69) is 10.6 Å². The normalized spacial score (nSPS) is 13.9. The topological polar surface area (TPSA) is 59.6 Å². The molecule has 0 heterocycles. The molecule has 0 saturated heterocycles. The Hall–Kier alpha value is -1.75. The van der Waals surface area contributed by atoms with E-state index < -0.39 is 0 Å². The first kappa shape index (κ1) is 14.7. The third kappa shape index (κ3) is 4.42. The van der Waals surface area contributed by atoms with Crippen LogP contribution in [0.5, 0.6) is 11.5 Å². The van der Waals surface area contributed by atoms with Crippen LogP contribution in [0, 0.1) is 0 Å². The van der Waals surface area contributed by atoms with Crippen LogP contribution in [0.15, 0.2) is 18.2 Å². The van der Waals surface area contributed by atoms with E-state index >= 15 is 0 Å². The first-order valence-corrected chi connectivity index (χ1v) is 7.02. The molecule has 2 N–H and O–H groups in total. The summed E-state index contributed by atoms with van der Waals surface area (Å²) in [6.45, 7) is 3.31. The maximum absolute atomic E-state index is 11.4. The van der Waals surface area contributed by atoms with Gasteiger partial charge in [-0.1, -0.05) is 6.07 Å². The van der Waals surface area contributed by atoms with Gasteiger partial charge >= 0.3 is 0 Å². The summed E-state index contributed by atoms with van der Waals surface area (Å²) in [4.78, 5) is 11.4. The molecule has 1 fully saturated rings. The smallest absolute Gasteiger partial charge is 0.257 e. The number of nitrogens with one attached hydrogen (secondary N) is 2. The molecule has 110 valence electrons. The lowest BCUT2D eigenvalue weighted by atomic mass is 10.2. The van der Waals surface area contributed by atoms with Crippen LogP contribution < -0.4 is 20.1 Å². The van der Waals surface area contributed by atoms with Crippen molar-refractivity contribution < 1.29 is 14.3 Å². The van der Waals surface area contributed by atoms with Crippen molar-refractivity contribution in [3.63, 3.8) is 0 Å². The van der Waals surface area contributed by atoms with E-state index in [1.165, 1.54) is 12.8 Å². The largest absolute Gasteiger partial charge is 0.493 e. The zero-order valence-corrected chi connectivity index (χ0v) is 12.1. The van der Waals surface area contributed by atoms with Crippen LogP contribution in [-0.2, 0) is 11.3 Å². The van der Waals surface area contributed by atoms with Crippen molar-refractivity contribution in [2.24, 2.45) is 0 Å². The summed E-state index contributed by atoms with van der Waals surface area (Å²) in [7, 11) is 1.60. The molecule has 0 atom stereocenters. The van der Waals surface area contributed by atoms with Gasteiger partial charge in [0, 0.05) is 19.1 Å². The molecule has 1 aromatic rings. The lowest BCUT2D eigenvalue weighted by Gasteiger charge is -2.12. The average molecular weight is 278 g/mol. The van der Waals surface area contributed by atoms with Crippen LogP contribution in [0.25, 0.3) is 0 Å². The molecule has 1 aliphatic rings. The number of benzene rings is 1. The minimum atomic E-state index is -0.131. The SMILES string of the molecule is CCNC(=O)COc1ccc(CNC2CC2)cc1OC. The van der Waals surface area contributed by atoms with Crippen LogP contribution in [0.4, 0.5) is 0 Å². The molecule has 0 radical (unpaired) electrons. The quantitative estimate of drug-likeness (QED) is 0.756. The number of amides is 1. The van der Waals surface area contributed by atoms with Crippen LogP contribution >= 0.6 is 0 Å². The highest BCUT2D eigenvalue weighted by Crippen LogP contribution is 2.28. The van der Waals surface area contributed by atoms with Crippen molar-refractivity contribution in [2.45, 2.75) is 32.4 Å². The number of carbonyl (C=O) groups is 1. The second-order valence-corrected chi connectivity index (χ2v) is 4.88. The molecule has 2 rings (SSSR count). The Bertz CT molecular complexity index is 458. The Balaban J connectivity index is 1.91. The zero-order chi connectivity index (χ0) is 14.4. The minimum Gasteiger partial charge on any atom is -0.493 e. The molecule has 20 heavy (non-hydrogen) atoms. The first-order chi connectivity index (χ1) is 9.72. The van der Waals surface area contributed by atoms with Gasteiger partial charge < -0.3 is 20.1 Å². The van der Waals surface area contributed by atoms with E-state index in [9.17, 15) is 4.79 Å². The van der Waals surface area contributed by atoms with E-state index in [0.29, 0.717) is 24.1 Å². The van der Waals surface area contributed by atoms with Crippen LogP contribution in [-0.4, -0.2) is 32.2 Å². The molecule has 0 aromatic heterocycles. The van der Waals surface area contributed by atoms with E-state index in [-0.39, 0.29) is 12.5 Å². The summed E-state index contributed by atoms with van der Waals surface area (Å²) in [5.41, 5.74) is 1.15. The molecule has 0 aliphatic heterocycles. The van der Waals surface area contributed by atoms with Crippen molar-refractivity contribution in [1.29, 1.82) is 0 Å². The van der Waals surface area contributed by atoms with E-state index in [0.717, 1.165) is 12.1 Å². The van der Waals surface area contributed by atoms with Gasteiger partial charge in [0.25, 0.3) is 5.91 Å². The molecule has 0 spiro atoms. The number of hydrogen-bond acceptors (Lipinski definition) is 4. The summed E-state index contributed by atoms with van der Waals surface area (Å²) in [5.74, 6) is 1.12. The molecule has 1 saturated carbocycles.